The third-order valence-electron chi connectivity index (χ3n) is 4.33. The molecule has 166 valence electrons. The minimum absolute atomic E-state index is 0.0199. The second-order valence-electron chi connectivity index (χ2n) is 7.92. The van der Waals surface area contributed by atoms with Crippen molar-refractivity contribution in [2.24, 2.45) is 5.41 Å². The molecule has 4 amide bonds. The number of amides is 4. The summed E-state index contributed by atoms with van der Waals surface area (Å²) in [6.45, 7) is 6.77. The van der Waals surface area contributed by atoms with Gasteiger partial charge in [0, 0.05) is 30.6 Å². The van der Waals surface area contributed by atoms with Crippen LogP contribution in [0.3, 0.4) is 0 Å². The summed E-state index contributed by atoms with van der Waals surface area (Å²) in [7, 11) is 0. The second kappa shape index (κ2) is 9.73. The molecule has 31 heavy (non-hydrogen) atoms. The number of nitrogens with zero attached hydrogens (tertiary/aromatic N) is 2. The molecular formula is C20H24N4O6S. The van der Waals surface area contributed by atoms with Gasteiger partial charge in [-0.2, -0.15) is 0 Å². The number of carbonyl (C=O) groups is 4. The van der Waals surface area contributed by atoms with Gasteiger partial charge in [-0.3, -0.25) is 34.2 Å². The summed E-state index contributed by atoms with van der Waals surface area (Å²) in [6, 6.07) is 4.83. The van der Waals surface area contributed by atoms with Crippen molar-refractivity contribution >= 4 is 46.5 Å². The lowest BCUT2D eigenvalue weighted by Gasteiger charge is -2.21. The van der Waals surface area contributed by atoms with Crippen molar-refractivity contribution in [2.45, 2.75) is 33.7 Å². The third kappa shape index (κ3) is 6.38. The van der Waals surface area contributed by atoms with E-state index in [2.05, 4.69) is 10.6 Å². The minimum atomic E-state index is -0.760. The summed E-state index contributed by atoms with van der Waals surface area (Å²) in [4.78, 5) is 60.2. The van der Waals surface area contributed by atoms with Crippen molar-refractivity contribution in [3.63, 3.8) is 0 Å². The highest BCUT2D eigenvalue weighted by Crippen LogP contribution is 2.32. The third-order valence-corrected chi connectivity index (χ3v) is 5.24. The maximum atomic E-state index is 12.5. The summed E-state index contributed by atoms with van der Waals surface area (Å²) in [5.41, 5.74) is -0.159. The van der Waals surface area contributed by atoms with Crippen molar-refractivity contribution in [1.29, 1.82) is 0 Å². The highest BCUT2D eigenvalue weighted by Gasteiger charge is 2.35. The van der Waals surface area contributed by atoms with Crippen LogP contribution < -0.4 is 10.6 Å². The van der Waals surface area contributed by atoms with Gasteiger partial charge in [-0.15, -0.1) is 0 Å². The fourth-order valence-electron chi connectivity index (χ4n) is 2.46. The zero-order chi connectivity index (χ0) is 23.3. The predicted octanol–water partition coefficient (Wildman–Crippen LogP) is 2.30. The normalized spacial score (nSPS) is 16.4. The summed E-state index contributed by atoms with van der Waals surface area (Å²) in [5, 5.41) is 15.4. The fourth-order valence-corrected chi connectivity index (χ4v) is 3.32. The molecule has 1 unspecified atom stereocenters. The lowest BCUT2D eigenvalue weighted by molar-refractivity contribution is -0.384. The maximum absolute atomic E-state index is 12.5. The smallest absolute Gasteiger partial charge is 0.293 e. The summed E-state index contributed by atoms with van der Waals surface area (Å²) in [5.74, 6) is -1.19. The lowest BCUT2D eigenvalue weighted by Crippen LogP contribution is -2.49. The van der Waals surface area contributed by atoms with E-state index in [1.54, 1.807) is 27.7 Å². The Labute approximate surface area is 183 Å². The van der Waals surface area contributed by atoms with Crippen LogP contribution in [0, 0.1) is 15.5 Å². The van der Waals surface area contributed by atoms with Crippen LogP contribution in [0.5, 0.6) is 0 Å². The first kappa shape index (κ1) is 24.1. The van der Waals surface area contributed by atoms with Crippen molar-refractivity contribution in [3.05, 3.63) is 44.8 Å². The molecule has 0 saturated carbocycles. The number of nitro benzene ring substituents is 1. The van der Waals surface area contributed by atoms with Crippen molar-refractivity contribution in [1.82, 2.24) is 15.5 Å². The molecule has 2 N–H and O–H groups in total. The van der Waals surface area contributed by atoms with Crippen LogP contribution in [0.15, 0.2) is 29.2 Å². The van der Waals surface area contributed by atoms with Crippen LogP contribution in [0.25, 0.3) is 6.08 Å². The quantitative estimate of drug-likeness (QED) is 0.371. The van der Waals surface area contributed by atoms with Gasteiger partial charge in [-0.1, -0.05) is 20.8 Å². The zero-order valence-corrected chi connectivity index (χ0v) is 18.4. The Bertz CT molecular complexity index is 936. The van der Waals surface area contributed by atoms with Gasteiger partial charge < -0.3 is 10.6 Å². The van der Waals surface area contributed by atoms with Crippen molar-refractivity contribution < 1.29 is 24.1 Å². The van der Waals surface area contributed by atoms with E-state index in [-0.39, 0.29) is 29.6 Å². The number of non-ortho nitro benzene ring substituents is 1. The lowest BCUT2D eigenvalue weighted by atomic mass is 9.95. The summed E-state index contributed by atoms with van der Waals surface area (Å²) >= 11 is 0.758. The number of nitro groups is 1. The summed E-state index contributed by atoms with van der Waals surface area (Å²) < 4.78 is 0. The van der Waals surface area contributed by atoms with E-state index in [0.717, 1.165) is 16.7 Å². The predicted molar refractivity (Wildman–Crippen MR) is 116 cm³/mol. The minimum Gasteiger partial charge on any atom is -0.353 e. The maximum Gasteiger partial charge on any atom is 0.293 e. The molecule has 1 aromatic rings. The van der Waals surface area contributed by atoms with Gasteiger partial charge in [0.15, 0.2) is 0 Å². The van der Waals surface area contributed by atoms with Crippen LogP contribution in [-0.4, -0.2) is 51.9 Å². The number of thioether (sulfide) groups is 1. The first-order valence-electron chi connectivity index (χ1n) is 9.48. The molecule has 1 aliphatic rings. The SMILES string of the molecule is CC(NC(=O)C(C)(C)C)C(=O)NCCN1C(=O)S/C(=C\c2ccc([N+](=O)[O-])cc2)C1=O. The molecule has 1 saturated heterocycles. The molecule has 0 aliphatic carbocycles. The second-order valence-corrected chi connectivity index (χ2v) is 8.91. The average Bonchev–Trinajstić information content (AvgIpc) is 2.94. The van der Waals surface area contributed by atoms with Gasteiger partial charge >= 0.3 is 0 Å². The van der Waals surface area contributed by atoms with Gasteiger partial charge in [-0.25, -0.2) is 0 Å². The van der Waals surface area contributed by atoms with Crippen LogP contribution in [0.2, 0.25) is 0 Å². The molecule has 10 nitrogen and oxygen atoms in total. The Morgan fingerprint density at radius 2 is 1.84 bits per heavy atom. The molecule has 2 rings (SSSR count). The highest BCUT2D eigenvalue weighted by atomic mass is 32.2. The van der Waals surface area contributed by atoms with Crippen LogP contribution in [0.1, 0.15) is 33.3 Å². The Morgan fingerprint density at radius 3 is 2.39 bits per heavy atom. The molecular weight excluding hydrogens is 424 g/mol. The molecule has 0 spiro atoms. The topological polar surface area (TPSA) is 139 Å². The van der Waals surface area contributed by atoms with Gasteiger partial charge in [0.2, 0.25) is 11.8 Å². The van der Waals surface area contributed by atoms with Gasteiger partial charge in [0.25, 0.3) is 16.8 Å². The number of rotatable bonds is 7. The molecule has 0 bridgehead atoms. The Balaban J connectivity index is 1.91. The van der Waals surface area contributed by atoms with E-state index in [4.69, 9.17) is 0 Å². The van der Waals surface area contributed by atoms with E-state index >= 15 is 0 Å². The fraction of sp³-hybridized carbons (Fsp3) is 0.400. The van der Waals surface area contributed by atoms with E-state index in [1.165, 1.54) is 30.3 Å². The Kier molecular flexibility index (Phi) is 7.55. The number of imide groups is 1. The first-order valence-corrected chi connectivity index (χ1v) is 10.3. The van der Waals surface area contributed by atoms with Gasteiger partial charge in [0.05, 0.1) is 9.83 Å². The molecule has 0 aromatic heterocycles. The number of hydrogen-bond acceptors (Lipinski definition) is 7. The standard InChI is InChI=1S/C20H24N4O6S/c1-12(22-18(27)20(2,3)4)16(25)21-9-10-23-17(26)15(31-19(23)28)11-13-5-7-14(8-6-13)24(29)30/h5-8,11-12H,9-10H2,1-4H3,(H,21,25)(H,22,27)/b15-11-. The van der Waals surface area contributed by atoms with Crippen LogP contribution in [-0.2, 0) is 14.4 Å². The van der Waals surface area contributed by atoms with E-state index in [0.29, 0.717) is 5.56 Å². The van der Waals surface area contributed by atoms with Crippen molar-refractivity contribution in [3.8, 4) is 0 Å². The van der Waals surface area contributed by atoms with Crippen LogP contribution in [0.4, 0.5) is 10.5 Å². The molecule has 1 atom stereocenters. The number of hydrogen-bond donors (Lipinski definition) is 2. The van der Waals surface area contributed by atoms with E-state index in [9.17, 15) is 29.3 Å². The highest BCUT2D eigenvalue weighted by molar-refractivity contribution is 8.18. The largest absolute Gasteiger partial charge is 0.353 e. The van der Waals surface area contributed by atoms with E-state index in [1.807, 2.05) is 0 Å². The molecule has 1 heterocycles. The Morgan fingerprint density at radius 1 is 1.23 bits per heavy atom. The first-order chi connectivity index (χ1) is 14.4. The van der Waals surface area contributed by atoms with Crippen molar-refractivity contribution in [2.75, 3.05) is 13.1 Å². The molecule has 0 radical (unpaired) electrons. The zero-order valence-electron chi connectivity index (χ0n) is 17.6. The molecule has 1 aromatic carbocycles. The average molecular weight is 449 g/mol. The van der Waals surface area contributed by atoms with Gasteiger partial charge in [-0.05, 0) is 42.5 Å². The molecule has 1 fully saturated rings. The van der Waals surface area contributed by atoms with Crippen LogP contribution >= 0.6 is 11.8 Å². The summed E-state index contributed by atoms with van der Waals surface area (Å²) in [6.07, 6.45) is 1.48. The number of nitrogens with one attached hydrogen (secondary N) is 2. The number of carbonyl (C=O) groups excluding carboxylic acids is 4. The molecule has 11 heteroatoms. The van der Waals surface area contributed by atoms with E-state index < -0.39 is 33.4 Å². The monoisotopic (exact) mass is 448 g/mol. The number of benzene rings is 1. The Hall–Kier alpha value is -3.21. The van der Waals surface area contributed by atoms with Gasteiger partial charge in [0.1, 0.15) is 6.04 Å². The molecule has 1 aliphatic heterocycles.